The van der Waals surface area contributed by atoms with Gasteiger partial charge in [0.15, 0.2) is 6.04 Å². The Bertz CT molecular complexity index is 617. The lowest BCUT2D eigenvalue weighted by Gasteiger charge is -2.38. The number of benzene rings is 1. The highest BCUT2D eigenvalue weighted by Crippen LogP contribution is 2.37. The molecule has 1 aliphatic heterocycles. The van der Waals surface area contributed by atoms with Crippen LogP contribution in [0.3, 0.4) is 0 Å². The molecule has 0 spiro atoms. The number of nitrogens with zero attached hydrogens (tertiary/aromatic N) is 2. The Morgan fingerprint density at radius 1 is 1.33 bits per heavy atom. The van der Waals surface area contributed by atoms with E-state index in [0.29, 0.717) is 9.37 Å². The fourth-order valence-corrected chi connectivity index (χ4v) is 2.54. The number of likely N-dealkylation sites (tertiary alicyclic amines) is 1. The van der Waals surface area contributed by atoms with Crippen LogP contribution in [-0.2, 0) is 4.74 Å². The van der Waals surface area contributed by atoms with E-state index in [1.807, 2.05) is 0 Å². The first-order valence-electron chi connectivity index (χ1n) is 6.83. The van der Waals surface area contributed by atoms with E-state index < -0.39 is 30.5 Å². The van der Waals surface area contributed by atoms with Crippen LogP contribution in [0.4, 0.5) is 22.8 Å². The fraction of sp³-hybridized carbons (Fsp3) is 0.429. The van der Waals surface area contributed by atoms with Gasteiger partial charge in [-0.1, -0.05) is 28.1 Å². The second-order valence-corrected chi connectivity index (χ2v) is 6.22. The Morgan fingerprint density at radius 3 is 2.33 bits per heavy atom. The van der Waals surface area contributed by atoms with E-state index in [1.54, 1.807) is 0 Å². The molecule has 0 bridgehead atoms. The Hall–Kier alpha value is -1.97. The standard InChI is InChI=1S/C14H14BrF3N2O4/c1-19(13(23)24-10-6-20(7-10)12(21)22)11(14(16,17)18)8-2-4-9(15)5-3-8/h2-5,10-11H,6-7H2,1H3,(H,21,22). The minimum absolute atomic E-state index is 0.0517. The van der Waals surface area contributed by atoms with E-state index in [2.05, 4.69) is 15.9 Å². The lowest BCUT2D eigenvalue weighted by Crippen LogP contribution is -2.56. The molecule has 1 aromatic rings. The Balaban J connectivity index is 2.08. The van der Waals surface area contributed by atoms with Crippen LogP contribution in [0.15, 0.2) is 28.7 Å². The molecule has 1 unspecified atom stereocenters. The smallest absolute Gasteiger partial charge is 0.413 e. The van der Waals surface area contributed by atoms with Crippen molar-refractivity contribution in [2.75, 3.05) is 20.1 Å². The zero-order valence-corrected chi connectivity index (χ0v) is 14.0. The van der Waals surface area contributed by atoms with Gasteiger partial charge in [-0.15, -0.1) is 0 Å². The van der Waals surface area contributed by atoms with Gasteiger partial charge >= 0.3 is 18.4 Å². The third-order valence-electron chi connectivity index (χ3n) is 3.56. The SMILES string of the molecule is CN(C(=O)OC1CN(C(=O)O)C1)C(c1ccc(Br)cc1)C(F)(F)F. The molecule has 2 rings (SSSR count). The Morgan fingerprint density at radius 2 is 1.88 bits per heavy atom. The fourth-order valence-electron chi connectivity index (χ4n) is 2.28. The summed E-state index contributed by atoms with van der Waals surface area (Å²) in [6, 6.07) is 3.27. The zero-order chi connectivity index (χ0) is 18.1. The van der Waals surface area contributed by atoms with E-state index >= 15 is 0 Å². The summed E-state index contributed by atoms with van der Waals surface area (Å²) in [5.41, 5.74) is -0.106. The second-order valence-electron chi connectivity index (χ2n) is 5.30. The van der Waals surface area contributed by atoms with Gasteiger partial charge in [-0.2, -0.15) is 13.2 Å². The zero-order valence-electron chi connectivity index (χ0n) is 12.5. The van der Waals surface area contributed by atoms with E-state index in [9.17, 15) is 22.8 Å². The molecule has 1 atom stereocenters. The molecule has 0 saturated carbocycles. The van der Waals surface area contributed by atoms with Crippen LogP contribution in [0.5, 0.6) is 0 Å². The molecule has 0 aliphatic carbocycles. The number of rotatable bonds is 3. The van der Waals surface area contributed by atoms with Crippen molar-refractivity contribution in [3.05, 3.63) is 34.3 Å². The van der Waals surface area contributed by atoms with E-state index in [4.69, 9.17) is 9.84 Å². The van der Waals surface area contributed by atoms with Crippen LogP contribution in [0.1, 0.15) is 11.6 Å². The summed E-state index contributed by atoms with van der Waals surface area (Å²) in [6.45, 7) is -0.103. The number of carboxylic acid groups (broad SMARTS) is 1. The Labute approximate surface area is 143 Å². The largest absolute Gasteiger partial charge is 0.465 e. The van der Waals surface area contributed by atoms with Gasteiger partial charge < -0.3 is 14.7 Å². The Kier molecular flexibility index (Phi) is 5.26. The normalized spacial score (nSPS) is 16.3. The molecule has 132 valence electrons. The van der Waals surface area contributed by atoms with Crippen molar-refractivity contribution in [3.63, 3.8) is 0 Å². The molecule has 2 amide bonds. The van der Waals surface area contributed by atoms with Crippen molar-refractivity contribution >= 4 is 28.1 Å². The van der Waals surface area contributed by atoms with Crippen molar-refractivity contribution in [2.24, 2.45) is 0 Å². The van der Waals surface area contributed by atoms with Gasteiger partial charge in [-0.05, 0) is 17.7 Å². The number of alkyl halides is 3. The molecule has 10 heteroatoms. The van der Waals surface area contributed by atoms with Gasteiger partial charge in [-0.3, -0.25) is 4.90 Å². The van der Waals surface area contributed by atoms with Crippen molar-refractivity contribution in [1.29, 1.82) is 0 Å². The average Bonchev–Trinajstić information content (AvgIpc) is 2.42. The first kappa shape index (κ1) is 18.4. The minimum Gasteiger partial charge on any atom is -0.465 e. The molecule has 0 radical (unpaired) electrons. The summed E-state index contributed by atoms with van der Waals surface area (Å²) in [5.74, 6) is 0. The molecule has 1 fully saturated rings. The van der Waals surface area contributed by atoms with E-state index in [0.717, 1.165) is 11.9 Å². The van der Waals surface area contributed by atoms with Crippen LogP contribution < -0.4 is 0 Å². The number of hydrogen-bond acceptors (Lipinski definition) is 3. The maximum Gasteiger partial charge on any atom is 0.413 e. The van der Waals surface area contributed by atoms with Gasteiger partial charge in [0.25, 0.3) is 0 Å². The molecule has 0 aromatic heterocycles. The molecular formula is C14H14BrF3N2O4. The van der Waals surface area contributed by atoms with Gasteiger partial charge in [0, 0.05) is 11.5 Å². The summed E-state index contributed by atoms with van der Waals surface area (Å²) < 4.78 is 45.6. The minimum atomic E-state index is -4.69. The molecule has 1 saturated heterocycles. The maximum atomic E-state index is 13.4. The van der Waals surface area contributed by atoms with E-state index in [1.165, 1.54) is 24.3 Å². The van der Waals surface area contributed by atoms with Crippen LogP contribution in [-0.4, -0.2) is 59.5 Å². The number of carbonyl (C=O) groups is 2. The molecule has 1 aromatic carbocycles. The van der Waals surface area contributed by atoms with Gasteiger partial charge in [0.2, 0.25) is 0 Å². The van der Waals surface area contributed by atoms with Crippen LogP contribution in [0.2, 0.25) is 0 Å². The van der Waals surface area contributed by atoms with Crippen LogP contribution in [0, 0.1) is 0 Å². The van der Waals surface area contributed by atoms with Crippen LogP contribution >= 0.6 is 15.9 Å². The summed E-state index contributed by atoms with van der Waals surface area (Å²) in [7, 11) is 0.996. The molecule has 6 nitrogen and oxygen atoms in total. The highest BCUT2D eigenvalue weighted by atomic mass is 79.9. The lowest BCUT2D eigenvalue weighted by atomic mass is 10.1. The summed E-state index contributed by atoms with van der Waals surface area (Å²) in [4.78, 5) is 24.1. The van der Waals surface area contributed by atoms with Crippen LogP contribution in [0.25, 0.3) is 0 Å². The number of amides is 2. The third-order valence-corrected chi connectivity index (χ3v) is 4.09. The number of halogens is 4. The monoisotopic (exact) mass is 410 g/mol. The highest BCUT2D eigenvalue weighted by Gasteiger charge is 2.46. The number of ether oxygens (including phenoxy) is 1. The van der Waals surface area contributed by atoms with Gasteiger partial charge in [0.1, 0.15) is 6.10 Å². The predicted molar refractivity (Wildman–Crippen MR) is 80.6 cm³/mol. The third kappa shape index (κ3) is 4.11. The molecule has 24 heavy (non-hydrogen) atoms. The van der Waals surface area contributed by atoms with Crippen molar-refractivity contribution in [1.82, 2.24) is 9.80 Å². The summed E-state index contributed by atoms with van der Waals surface area (Å²) >= 11 is 3.14. The van der Waals surface area contributed by atoms with Gasteiger partial charge in [-0.25, -0.2) is 9.59 Å². The van der Waals surface area contributed by atoms with Gasteiger partial charge in [0.05, 0.1) is 13.1 Å². The van der Waals surface area contributed by atoms with E-state index in [-0.39, 0.29) is 18.7 Å². The van der Waals surface area contributed by atoms with Crippen molar-refractivity contribution in [3.8, 4) is 0 Å². The number of hydrogen-bond donors (Lipinski definition) is 1. The molecular weight excluding hydrogens is 397 g/mol. The summed E-state index contributed by atoms with van der Waals surface area (Å²) in [5, 5.41) is 8.68. The summed E-state index contributed by atoms with van der Waals surface area (Å²) in [6.07, 6.45) is -7.75. The second kappa shape index (κ2) is 6.88. The quantitative estimate of drug-likeness (QED) is 0.827. The average molecular weight is 411 g/mol. The lowest BCUT2D eigenvalue weighted by molar-refractivity contribution is -0.180. The van der Waals surface area contributed by atoms with Crippen molar-refractivity contribution in [2.45, 2.75) is 18.3 Å². The molecule has 1 aliphatic rings. The molecule has 1 N–H and O–H groups in total. The molecule has 1 heterocycles. The highest BCUT2D eigenvalue weighted by molar-refractivity contribution is 9.10. The maximum absolute atomic E-state index is 13.4. The first-order chi connectivity index (χ1) is 11.1. The topological polar surface area (TPSA) is 70.1 Å². The number of carbonyl (C=O) groups excluding carboxylic acids is 1. The predicted octanol–water partition coefficient (Wildman–Crippen LogP) is 3.48. The van der Waals surface area contributed by atoms with Crippen molar-refractivity contribution < 1.29 is 32.6 Å². The first-order valence-corrected chi connectivity index (χ1v) is 7.62.